The van der Waals surface area contributed by atoms with E-state index in [1.54, 1.807) is 6.07 Å². The molecule has 0 bridgehead atoms. The number of hydrogen-bond donors (Lipinski definition) is 0. The number of carbonyl (C=O) groups is 1. The van der Waals surface area contributed by atoms with E-state index in [9.17, 15) is 4.79 Å². The van der Waals surface area contributed by atoms with Crippen molar-refractivity contribution in [2.75, 3.05) is 6.54 Å². The fourth-order valence-electron chi connectivity index (χ4n) is 2.57. The Labute approximate surface area is 108 Å². The van der Waals surface area contributed by atoms with Gasteiger partial charge in [-0.25, -0.2) is 0 Å². The molecule has 1 atom stereocenters. The van der Waals surface area contributed by atoms with Crippen molar-refractivity contribution in [3.8, 4) is 6.07 Å². The Hall–Kier alpha value is -1.82. The van der Waals surface area contributed by atoms with Crippen LogP contribution in [0.1, 0.15) is 37.3 Å². The Morgan fingerprint density at radius 2 is 2.33 bits per heavy atom. The molecule has 1 amide bonds. The number of benzene rings is 1. The first kappa shape index (κ1) is 12.6. The maximum Gasteiger partial charge on any atom is 0.223 e. The third kappa shape index (κ3) is 2.89. The second kappa shape index (κ2) is 5.68. The van der Waals surface area contributed by atoms with Crippen LogP contribution in [0, 0.1) is 17.2 Å². The van der Waals surface area contributed by atoms with Crippen LogP contribution < -0.4 is 0 Å². The number of likely N-dealkylation sites (tertiary alicyclic amines) is 1. The third-order valence-electron chi connectivity index (χ3n) is 3.42. The molecular formula is C15H18N2O. The summed E-state index contributed by atoms with van der Waals surface area (Å²) < 4.78 is 0. The van der Waals surface area contributed by atoms with Gasteiger partial charge < -0.3 is 4.90 Å². The minimum atomic E-state index is 0.246. The van der Waals surface area contributed by atoms with E-state index in [0.717, 1.165) is 24.9 Å². The fourth-order valence-corrected chi connectivity index (χ4v) is 2.57. The maximum absolute atomic E-state index is 11.9. The van der Waals surface area contributed by atoms with Gasteiger partial charge in [-0.2, -0.15) is 5.26 Å². The normalized spacial score (nSPS) is 19.0. The average molecular weight is 242 g/mol. The number of rotatable bonds is 4. The molecule has 18 heavy (non-hydrogen) atoms. The molecule has 1 aliphatic heterocycles. The number of amides is 1. The first-order valence-corrected chi connectivity index (χ1v) is 6.49. The molecule has 1 aromatic carbocycles. The summed E-state index contributed by atoms with van der Waals surface area (Å²) in [4.78, 5) is 13.8. The molecule has 1 unspecified atom stereocenters. The Morgan fingerprint density at radius 1 is 1.50 bits per heavy atom. The molecule has 3 nitrogen and oxygen atoms in total. The lowest BCUT2D eigenvalue weighted by Crippen LogP contribution is -2.24. The van der Waals surface area contributed by atoms with Crippen molar-refractivity contribution < 1.29 is 4.79 Å². The summed E-state index contributed by atoms with van der Waals surface area (Å²) in [6.07, 6.45) is 2.95. The van der Waals surface area contributed by atoms with Crippen LogP contribution in [0.3, 0.4) is 0 Å². The molecule has 94 valence electrons. The first-order valence-electron chi connectivity index (χ1n) is 6.49. The molecule has 2 rings (SSSR count). The standard InChI is InChI=1S/C15H18N2O/c1-2-4-13-8-15(18)17(10-13)11-14-6-3-5-12(7-14)9-16/h3,5-7,13H,2,4,8,10-11H2,1H3. The molecule has 0 saturated carbocycles. The van der Waals surface area contributed by atoms with Crippen molar-refractivity contribution in [1.29, 1.82) is 5.26 Å². The summed E-state index contributed by atoms with van der Waals surface area (Å²) in [5, 5.41) is 8.86. The van der Waals surface area contributed by atoms with Crippen LogP contribution in [0.4, 0.5) is 0 Å². The molecule has 1 fully saturated rings. The molecule has 0 aromatic heterocycles. The molecule has 0 spiro atoms. The van der Waals surface area contributed by atoms with Crippen molar-refractivity contribution in [3.05, 3.63) is 35.4 Å². The Kier molecular flexibility index (Phi) is 3.99. The van der Waals surface area contributed by atoms with E-state index < -0.39 is 0 Å². The van der Waals surface area contributed by atoms with E-state index >= 15 is 0 Å². The summed E-state index contributed by atoms with van der Waals surface area (Å²) in [7, 11) is 0. The molecule has 1 saturated heterocycles. The van der Waals surface area contributed by atoms with Crippen LogP contribution in [-0.2, 0) is 11.3 Å². The molecule has 0 radical (unpaired) electrons. The summed E-state index contributed by atoms with van der Waals surface area (Å²) in [5.74, 6) is 0.762. The van der Waals surface area contributed by atoms with Gasteiger partial charge in [-0.15, -0.1) is 0 Å². The van der Waals surface area contributed by atoms with E-state index in [-0.39, 0.29) is 5.91 Å². The number of hydrogen-bond acceptors (Lipinski definition) is 2. The SMILES string of the molecule is CCCC1CC(=O)N(Cc2cccc(C#N)c2)C1. The predicted molar refractivity (Wildman–Crippen MR) is 69.6 cm³/mol. The van der Waals surface area contributed by atoms with Gasteiger partial charge >= 0.3 is 0 Å². The zero-order valence-electron chi connectivity index (χ0n) is 10.7. The first-order chi connectivity index (χ1) is 8.72. The predicted octanol–water partition coefficient (Wildman–Crippen LogP) is 2.71. The van der Waals surface area contributed by atoms with Gasteiger partial charge in [0.05, 0.1) is 11.6 Å². The second-order valence-electron chi connectivity index (χ2n) is 4.95. The lowest BCUT2D eigenvalue weighted by Gasteiger charge is -2.16. The molecule has 1 aromatic rings. The van der Waals surface area contributed by atoms with Gasteiger partial charge in [0.2, 0.25) is 5.91 Å². The molecular weight excluding hydrogens is 224 g/mol. The third-order valence-corrected chi connectivity index (χ3v) is 3.42. The van der Waals surface area contributed by atoms with Crippen LogP contribution in [0.25, 0.3) is 0 Å². The molecule has 1 heterocycles. The van der Waals surface area contributed by atoms with Crippen LogP contribution in [0.5, 0.6) is 0 Å². The highest BCUT2D eigenvalue weighted by molar-refractivity contribution is 5.78. The van der Waals surface area contributed by atoms with Crippen molar-refractivity contribution in [2.24, 2.45) is 5.92 Å². The van der Waals surface area contributed by atoms with Crippen molar-refractivity contribution >= 4 is 5.91 Å². The van der Waals surface area contributed by atoms with Crippen LogP contribution in [-0.4, -0.2) is 17.4 Å². The van der Waals surface area contributed by atoms with E-state index in [1.165, 1.54) is 0 Å². The smallest absolute Gasteiger partial charge is 0.223 e. The fraction of sp³-hybridized carbons (Fsp3) is 0.467. The minimum Gasteiger partial charge on any atom is -0.338 e. The second-order valence-corrected chi connectivity index (χ2v) is 4.95. The van der Waals surface area contributed by atoms with E-state index in [1.807, 2.05) is 23.1 Å². The van der Waals surface area contributed by atoms with E-state index in [2.05, 4.69) is 13.0 Å². The lowest BCUT2D eigenvalue weighted by atomic mass is 10.0. The van der Waals surface area contributed by atoms with E-state index in [4.69, 9.17) is 5.26 Å². The zero-order chi connectivity index (χ0) is 13.0. The summed E-state index contributed by atoms with van der Waals surface area (Å²) >= 11 is 0. The van der Waals surface area contributed by atoms with Crippen LogP contribution in [0.15, 0.2) is 24.3 Å². The minimum absolute atomic E-state index is 0.246. The van der Waals surface area contributed by atoms with Gasteiger partial charge in [0.15, 0.2) is 0 Å². The summed E-state index contributed by atoms with van der Waals surface area (Å²) in [6, 6.07) is 9.62. The summed E-state index contributed by atoms with van der Waals surface area (Å²) in [5.41, 5.74) is 1.70. The van der Waals surface area contributed by atoms with Crippen LogP contribution in [0.2, 0.25) is 0 Å². The molecule has 1 aliphatic rings. The Balaban J connectivity index is 2.01. The van der Waals surface area contributed by atoms with E-state index in [0.29, 0.717) is 24.4 Å². The lowest BCUT2D eigenvalue weighted by molar-refractivity contribution is -0.128. The van der Waals surface area contributed by atoms with Gasteiger partial charge in [-0.05, 0) is 30.0 Å². The Bertz CT molecular complexity index is 476. The van der Waals surface area contributed by atoms with Crippen molar-refractivity contribution in [2.45, 2.75) is 32.7 Å². The molecule has 3 heteroatoms. The van der Waals surface area contributed by atoms with Crippen molar-refractivity contribution in [1.82, 2.24) is 4.90 Å². The molecule has 0 aliphatic carbocycles. The van der Waals surface area contributed by atoms with Crippen molar-refractivity contribution in [3.63, 3.8) is 0 Å². The monoisotopic (exact) mass is 242 g/mol. The molecule has 0 N–H and O–H groups in total. The zero-order valence-corrected chi connectivity index (χ0v) is 10.7. The topological polar surface area (TPSA) is 44.1 Å². The number of carbonyl (C=O) groups excluding carboxylic acids is 1. The van der Waals surface area contributed by atoms with Gasteiger partial charge in [0.25, 0.3) is 0 Å². The average Bonchev–Trinajstić information content (AvgIpc) is 2.70. The highest BCUT2D eigenvalue weighted by Gasteiger charge is 2.28. The van der Waals surface area contributed by atoms with Gasteiger partial charge in [0, 0.05) is 19.5 Å². The Morgan fingerprint density at radius 3 is 3.06 bits per heavy atom. The highest BCUT2D eigenvalue weighted by Crippen LogP contribution is 2.23. The maximum atomic E-state index is 11.9. The number of nitriles is 1. The number of nitrogens with zero attached hydrogens (tertiary/aromatic N) is 2. The van der Waals surface area contributed by atoms with Gasteiger partial charge in [-0.1, -0.05) is 25.5 Å². The quantitative estimate of drug-likeness (QED) is 0.814. The van der Waals surface area contributed by atoms with Crippen LogP contribution >= 0.6 is 0 Å². The van der Waals surface area contributed by atoms with Gasteiger partial charge in [0.1, 0.15) is 0 Å². The highest BCUT2D eigenvalue weighted by atomic mass is 16.2. The summed E-state index contributed by atoms with van der Waals surface area (Å²) in [6.45, 7) is 3.65. The van der Waals surface area contributed by atoms with Gasteiger partial charge in [-0.3, -0.25) is 4.79 Å². The largest absolute Gasteiger partial charge is 0.338 e.